The summed E-state index contributed by atoms with van der Waals surface area (Å²) in [6.45, 7) is 0. The first-order valence-corrected chi connectivity index (χ1v) is 6.43. The molecule has 3 aromatic heterocycles. The molecular formula is C15H8F2N4O. The Morgan fingerprint density at radius 1 is 1.00 bits per heavy atom. The lowest BCUT2D eigenvalue weighted by Crippen LogP contribution is -1.89. The van der Waals surface area contributed by atoms with Gasteiger partial charge in [0, 0.05) is 24.2 Å². The number of aromatic amines is 1. The minimum atomic E-state index is -0.946. The number of benzene rings is 1. The van der Waals surface area contributed by atoms with E-state index in [2.05, 4.69) is 20.1 Å². The van der Waals surface area contributed by atoms with Gasteiger partial charge in [-0.15, -0.1) is 0 Å². The van der Waals surface area contributed by atoms with Crippen molar-refractivity contribution in [3.8, 4) is 22.5 Å². The van der Waals surface area contributed by atoms with Gasteiger partial charge in [0.2, 0.25) is 0 Å². The average Bonchev–Trinajstić information content (AvgIpc) is 3.16. The fourth-order valence-corrected chi connectivity index (χ4v) is 2.36. The van der Waals surface area contributed by atoms with Crippen molar-refractivity contribution in [3.63, 3.8) is 0 Å². The monoisotopic (exact) mass is 298 g/mol. The fraction of sp³-hybridized carbons (Fsp3) is 0. The van der Waals surface area contributed by atoms with Crippen molar-refractivity contribution < 1.29 is 13.3 Å². The third-order valence-corrected chi connectivity index (χ3v) is 3.36. The molecule has 0 radical (unpaired) electrons. The van der Waals surface area contributed by atoms with E-state index in [4.69, 9.17) is 4.52 Å². The van der Waals surface area contributed by atoms with Crippen molar-refractivity contribution in [1.29, 1.82) is 0 Å². The Morgan fingerprint density at radius 3 is 2.77 bits per heavy atom. The minimum absolute atomic E-state index is 0.0782. The van der Waals surface area contributed by atoms with Crippen LogP contribution in [0.2, 0.25) is 0 Å². The lowest BCUT2D eigenvalue weighted by molar-refractivity contribution is 0.432. The number of hydrogen-bond donors (Lipinski definition) is 1. The highest BCUT2D eigenvalue weighted by Crippen LogP contribution is 2.36. The molecule has 0 bridgehead atoms. The van der Waals surface area contributed by atoms with Gasteiger partial charge in [-0.3, -0.25) is 4.98 Å². The molecular weight excluding hydrogens is 290 g/mol. The van der Waals surface area contributed by atoms with Crippen LogP contribution in [-0.4, -0.2) is 20.1 Å². The molecule has 4 aromatic rings. The van der Waals surface area contributed by atoms with E-state index in [1.54, 1.807) is 18.6 Å². The van der Waals surface area contributed by atoms with Crippen LogP contribution in [-0.2, 0) is 0 Å². The third kappa shape index (κ3) is 1.79. The number of hydrogen-bond acceptors (Lipinski definition) is 4. The maximum Gasteiger partial charge on any atom is 0.178 e. The van der Waals surface area contributed by atoms with Crippen LogP contribution in [0, 0.1) is 11.6 Å². The molecule has 0 spiro atoms. The molecule has 0 aliphatic carbocycles. The van der Waals surface area contributed by atoms with Gasteiger partial charge in [0.1, 0.15) is 5.52 Å². The molecule has 1 aromatic carbocycles. The first kappa shape index (κ1) is 12.6. The molecule has 0 fully saturated rings. The summed E-state index contributed by atoms with van der Waals surface area (Å²) in [6, 6.07) is 3.96. The Labute approximate surface area is 122 Å². The van der Waals surface area contributed by atoms with Crippen LogP contribution >= 0.6 is 0 Å². The van der Waals surface area contributed by atoms with Gasteiger partial charge < -0.3 is 9.51 Å². The Bertz CT molecular complexity index is 977. The van der Waals surface area contributed by atoms with Gasteiger partial charge in [-0.25, -0.2) is 13.8 Å². The molecule has 7 heteroatoms. The molecule has 0 amide bonds. The number of halogens is 2. The highest BCUT2D eigenvalue weighted by molar-refractivity contribution is 5.93. The van der Waals surface area contributed by atoms with Crippen molar-refractivity contribution >= 4 is 11.2 Å². The van der Waals surface area contributed by atoms with E-state index in [0.29, 0.717) is 28.1 Å². The van der Waals surface area contributed by atoms with E-state index in [9.17, 15) is 8.78 Å². The van der Waals surface area contributed by atoms with Crippen LogP contribution in [0.1, 0.15) is 0 Å². The summed E-state index contributed by atoms with van der Waals surface area (Å²) < 4.78 is 32.7. The van der Waals surface area contributed by atoms with Gasteiger partial charge in [0.05, 0.1) is 17.3 Å². The molecule has 1 N–H and O–H groups in total. The zero-order chi connectivity index (χ0) is 15.1. The zero-order valence-electron chi connectivity index (χ0n) is 11.0. The Hall–Kier alpha value is -3.09. The Morgan fingerprint density at radius 2 is 1.86 bits per heavy atom. The van der Waals surface area contributed by atoms with Crippen molar-refractivity contribution in [2.24, 2.45) is 0 Å². The second-order valence-electron chi connectivity index (χ2n) is 4.63. The fourth-order valence-electron chi connectivity index (χ4n) is 2.36. The molecule has 4 rings (SSSR count). The SMILES string of the molecule is Fc1cccc(-c2cnoc2-c2c[nH]c3nccnc23)c1F. The largest absolute Gasteiger partial charge is 0.355 e. The first-order chi connectivity index (χ1) is 10.8. The van der Waals surface area contributed by atoms with Gasteiger partial charge in [-0.1, -0.05) is 17.3 Å². The maximum absolute atomic E-state index is 14.0. The van der Waals surface area contributed by atoms with Crippen LogP contribution in [0.5, 0.6) is 0 Å². The van der Waals surface area contributed by atoms with Crippen molar-refractivity contribution in [2.45, 2.75) is 0 Å². The summed E-state index contributed by atoms with van der Waals surface area (Å²) in [5.41, 5.74) is 2.15. The van der Waals surface area contributed by atoms with Crippen molar-refractivity contribution in [3.05, 3.63) is 54.6 Å². The topological polar surface area (TPSA) is 67.6 Å². The van der Waals surface area contributed by atoms with E-state index in [1.165, 1.54) is 18.3 Å². The molecule has 0 saturated carbocycles. The number of nitrogens with one attached hydrogen (secondary N) is 1. The quantitative estimate of drug-likeness (QED) is 0.614. The summed E-state index contributed by atoms with van der Waals surface area (Å²) in [5.74, 6) is -1.57. The normalized spacial score (nSPS) is 11.2. The summed E-state index contributed by atoms with van der Waals surface area (Å²) in [6.07, 6.45) is 6.09. The molecule has 0 unspecified atom stereocenters. The third-order valence-electron chi connectivity index (χ3n) is 3.36. The number of fused-ring (bicyclic) bond motifs is 1. The van der Waals surface area contributed by atoms with Crippen molar-refractivity contribution in [1.82, 2.24) is 20.1 Å². The van der Waals surface area contributed by atoms with Gasteiger partial charge in [0.15, 0.2) is 23.0 Å². The van der Waals surface area contributed by atoms with E-state index in [-0.39, 0.29) is 5.56 Å². The molecule has 0 aliphatic heterocycles. The highest BCUT2D eigenvalue weighted by atomic mass is 19.2. The van der Waals surface area contributed by atoms with E-state index >= 15 is 0 Å². The number of H-pyrrole nitrogens is 1. The predicted molar refractivity (Wildman–Crippen MR) is 74.7 cm³/mol. The summed E-state index contributed by atoms with van der Waals surface area (Å²) >= 11 is 0. The van der Waals surface area contributed by atoms with Gasteiger partial charge in [0.25, 0.3) is 0 Å². The molecule has 22 heavy (non-hydrogen) atoms. The predicted octanol–water partition coefficient (Wildman–Crippen LogP) is 3.56. The molecule has 3 heterocycles. The average molecular weight is 298 g/mol. The van der Waals surface area contributed by atoms with Crippen LogP contribution in [0.15, 0.2) is 47.5 Å². The van der Waals surface area contributed by atoms with Gasteiger partial charge >= 0.3 is 0 Å². The summed E-state index contributed by atoms with van der Waals surface area (Å²) in [4.78, 5) is 11.3. The van der Waals surface area contributed by atoms with E-state index in [1.807, 2.05) is 0 Å². The van der Waals surface area contributed by atoms with Crippen molar-refractivity contribution in [2.75, 3.05) is 0 Å². The number of rotatable bonds is 2. The second-order valence-corrected chi connectivity index (χ2v) is 4.63. The van der Waals surface area contributed by atoms with Crippen LogP contribution in [0.25, 0.3) is 33.6 Å². The second kappa shape index (κ2) is 4.73. The standard InChI is InChI=1S/C15H8F2N4O/c16-11-3-1-2-8(12(11)17)9-7-21-22-14(9)10-6-20-15-13(10)18-4-5-19-15/h1-7H,(H,19,20). The number of aromatic nitrogens is 4. The lowest BCUT2D eigenvalue weighted by Gasteiger charge is -2.02. The summed E-state index contributed by atoms with van der Waals surface area (Å²) in [5, 5.41) is 3.71. The smallest absolute Gasteiger partial charge is 0.178 e. The number of nitrogens with zero attached hydrogens (tertiary/aromatic N) is 3. The van der Waals surface area contributed by atoms with Crippen LogP contribution in [0.3, 0.4) is 0 Å². The van der Waals surface area contributed by atoms with Gasteiger partial charge in [-0.2, -0.15) is 0 Å². The van der Waals surface area contributed by atoms with E-state index < -0.39 is 11.6 Å². The Kier molecular flexibility index (Phi) is 2.72. The van der Waals surface area contributed by atoms with Crippen LogP contribution in [0.4, 0.5) is 8.78 Å². The Balaban J connectivity index is 1.96. The molecule has 0 saturated heterocycles. The highest BCUT2D eigenvalue weighted by Gasteiger charge is 2.21. The maximum atomic E-state index is 14.0. The lowest BCUT2D eigenvalue weighted by atomic mass is 10.0. The molecule has 108 valence electrons. The molecule has 0 aliphatic rings. The summed E-state index contributed by atoms with van der Waals surface area (Å²) in [7, 11) is 0. The molecule has 5 nitrogen and oxygen atoms in total. The minimum Gasteiger partial charge on any atom is -0.355 e. The van der Waals surface area contributed by atoms with Crippen LogP contribution < -0.4 is 0 Å². The van der Waals surface area contributed by atoms with E-state index in [0.717, 1.165) is 6.07 Å². The first-order valence-electron chi connectivity index (χ1n) is 6.43. The van der Waals surface area contributed by atoms with Gasteiger partial charge in [-0.05, 0) is 6.07 Å². The molecule has 0 atom stereocenters. The zero-order valence-corrected chi connectivity index (χ0v) is 11.0.